The molecule has 2 N–H and O–H groups in total. The van der Waals surface area contributed by atoms with E-state index in [9.17, 15) is 4.79 Å². The highest BCUT2D eigenvalue weighted by Gasteiger charge is 1.96. The number of nitrogens with zero attached hydrogens (tertiary/aromatic N) is 1. The summed E-state index contributed by atoms with van der Waals surface area (Å²) >= 11 is 0. The molecular weight excluding hydrogens is 146 g/mol. The van der Waals surface area contributed by atoms with Gasteiger partial charge in [-0.3, -0.25) is 4.98 Å². The van der Waals surface area contributed by atoms with Gasteiger partial charge in [0.15, 0.2) is 0 Å². The Morgan fingerprint density at radius 3 is 3.00 bits per heavy atom. The highest BCUT2D eigenvalue weighted by Crippen LogP contribution is 2.06. The van der Waals surface area contributed by atoms with E-state index < -0.39 is 5.69 Å². The number of aromatic amines is 1. The Labute approximate surface area is 63.4 Å². The largest absolute Gasteiger partial charge is 0.481 e. The molecular formula is C6H9N3O2. The van der Waals surface area contributed by atoms with E-state index in [4.69, 9.17) is 4.74 Å². The lowest BCUT2D eigenvalue weighted by Crippen LogP contribution is -2.12. The molecule has 0 amide bonds. The summed E-state index contributed by atoms with van der Waals surface area (Å²) in [5, 5.41) is 2.77. The summed E-state index contributed by atoms with van der Waals surface area (Å²) in [7, 11) is 3.16. The topological polar surface area (TPSA) is 67.0 Å². The van der Waals surface area contributed by atoms with Gasteiger partial charge in [-0.05, 0) is 0 Å². The maximum atomic E-state index is 10.7. The van der Waals surface area contributed by atoms with Gasteiger partial charge >= 0.3 is 5.69 Å². The van der Waals surface area contributed by atoms with Crippen molar-refractivity contribution in [2.24, 2.45) is 0 Å². The standard InChI is InChI=1S/C6H9N3O2/c1-7-4-3-5(11-2)9-6(10)8-4/h3H,1-2H3,(H2,7,8,9,10). The number of nitrogens with one attached hydrogen (secondary N) is 2. The summed E-state index contributed by atoms with van der Waals surface area (Å²) in [5.74, 6) is 0.889. The summed E-state index contributed by atoms with van der Waals surface area (Å²) in [6.07, 6.45) is 0. The molecule has 0 saturated heterocycles. The number of anilines is 1. The molecule has 0 atom stereocenters. The Kier molecular flexibility index (Phi) is 2.10. The summed E-state index contributed by atoms with van der Waals surface area (Å²) in [6, 6.07) is 1.60. The maximum Gasteiger partial charge on any atom is 0.349 e. The van der Waals surface area contributed by atoms with Gasteiger partial charge in [0.25, 0.3) is 0 Å². The molecule has 60 valence electrons. The number of hydrogen-bond acceptors (Lipinski definition) is 4. The maximum absolute atomic E-state index is 10.7. The molecule has 0 fully saturated rings. The second-order valence-electron chi connectivity index (χ2n) is 1.89. The average molecular weight is 155 g/mol. The fourth-order valence-electron chi connectivity index (χ4n) is 0.674. The van der Waals surface area contributed by atoms with Crippen LogP contribution in [0, 0.1) is 0 Å². The Bertz CT molecular complexity index is 269. The van der Waals surface area contributed by atoms with Crippen molar-refractivity contribution in [2.75, 3.05) is 19.5 Å². The molecule has 0 spiro atoms. The molecule has 0 aromatic carbocycles. The first-order chi connectivity index (χ1) is 5.26. The van der Waals surface area contributed by atoms with E-state index in [-0.39, 0.29) is 0 Å². The van der Waals surface area contributed by atoms with Crippen molar-refractivity contribution in [3.63, 3.8) is 0 Å². The van der Waals surface area contributed by atoms with Gasteiger partial charge in [-0.1, -0.05) is 0 Å². The van der Waals surface area contributed by atoms with Crippen molar-refractivity contribution in [1.82, 2.24) is 9.97 Å². The van der Waals surface area contributed by atoms with E-state index in [1.807, 2.05) is 0 Å². The molecule has 0 bridgehead atoms. The molecule has 0 radical (unpaired) electrons. The molecule has 0 aliphatic rings. The molecule has 11 heavy (non-hydrogen) atoms. The fraction of sp³-hybridized carbons (Fsp3) is 0.333. The quantitative estimate of drug-likeness (QED) is 0.621. The van der Waals surface area contributed by atoms with Crippen molar-refractivity contribution in [1.29, 1.82) is 0 Å². The van der Waals surface area contributed by atoms with Crippen molar-refractivity contribution in [2.45, 2.75) is 0 Å². The first-order valence-electron chi connectivity index (χ1n) is 3.09. The Morgan fingerprint density at radius 2 is 2.45 bits per heavy atom. The molecule has 5 heteroatoms. The average Bonchev–Trinajstić information content (AvgIpc) is 2.03. The zero-order chi connectivity index (χ0) is 8.27. The van der Waals surface area contributed by atoms with Gasteiger partial charge in [-0.15, -0.1) is 0 Å². The third-order valence-electron chi connectivity index (χ3n) is 1.20. The van der Waals surface area contributed by atoms with Crippen molar-refractivity contribution in [3.05, 3.63) is 16.6 Å². The van der Waals surface area contributed by atoms with Crippen molar-refractivity contribution >= 4 is 5.82 Å². The molecule has 1 aromatic rings. The lowest BCUT2D eigenvalue weighted by atomic mass is 10.5. The first-order valence-corrected chi connectivity index (χ1v) is 3.09. The van der Waals surface area contributed by atoms with Crippen LogP contribution in [-0.2, 0) is 0 Å². The van der Waals surface area contributed by atoms with Gasteiger partial charge < -0.3 is 10.1 Å². The predicted octanol–water partition coefficient (Wildman–Crippen LogP) is -0.180. The lowest BCUT2D eigenvalue weighted by molar-refractivity contribution is 0.395. The van der Waals surface area contributed by atoms with Crippen LogP contribution >= 0.6 is 0 Å². The van der Waals surface area contributed by atoms with E-state index in [0.717, 1.165) is 0 Å². The van der Waals surface area contributed by atoms with Crippen LogP contribution in [-0.4, -0.2) is 24.1 Å². The summed E-state index contributed by atoms with van der Waals surface area (Å²) < 4.78 is 4.77. The zero-order valence-electron chi connectivity index (χ0n) is 6.34. The van der Waals surface area contributed by atoms with E-state index in [1.54, 1.807) is 13.1 Å². The van der Waals surface area contributed by atoms with Gasteiger partial charge in [0.2, 0.25) is 5.88 Å². The highest BCUT2D eigenvalue weighted by atomic mass is 16.5. The fourth-order valence-corrected chi connectivity index (χ4v) is 0.674. The smallest absolute Gasteiger partial charge is 0.349 e. The summed E-state index contributed by atoms with van der Waals surface area (Å²) in [4.78, 5) is 16.7. The normalized spacial score (nSPS) is 9.27. The van der Waals surface area contributed by atoms with Gasteiger partial charge in [0.05, 0.1) is 7.11 Å². The molecule has 1 aromatic heterocycles. The summed E-state index contributed by atoms with van der Waals surface area (Å²) in [6.45, 7) is 0. The van der Waals surface area contributed by atoms with Crippen LogP contribution < -0.4 is 15.7 Å². The molecule has 0 unspecified atom stereocenters. The molecule has 1 rings (SSSR count). The van der Waals surface area contributed by atoms with Gasteiger partial charge in [0.1, 0.15) is 5.82 Å². The van der Waals surface area contributed by atoms with E-state index in [0.29, 0.717) is 11.7 Å². The minimum Gasteiger partial charge on any atom is -0.481 e. The molecule has 5 nitrogen and oxygen atoms in total. The van der Waals surface area contributed by atoms with E-state index >= 15 is 0 Å². The molecule has 1 heterocycles. The number of methoxy groups -OCH3 is 1. The lowest BCUT2D eigenvalue weighted by Gasteiger charge is -2.00. The molecule has 0 aliphatic heterocycles. The SMILES string of the molecule is CNc1cc(OC)nc(=O)[nH]1. The van der Waals surface area contributed by atoms with Crippen LogP contribution in [0.15, 0.2) is 10.9 Å². The van der Waals surface area contributed by atoms with Crippen LogP contribution in [0.3, 0.4) is 0 Å². The van der Waals surface area contributed by atoms with Crippen LogP contribution in [0.4, 0.5) is 5.82 Å². The van der Waals surface area contributed by atoms with E-state index in [1.165, 1.54) is 7.11 Å². The predicted molar refractivity (Wildman–Crippen MR) is 41.0 cm³/mol. The van der Waals surface area contributed by atoms with Crippen LogP contribution in [0.5, 0.6) is 5.88 Å². The van der Waals surface area contributed by atoms with Crippen LogP contribution in [0.1, 0.15) is 0 Å². The number of H-pyrrole nitrogens is 1. The van der Waals surface area contributed by atoms with Gasteiger partial charge in [-0.2, -0.15) is 4.98 Å². The number of aromatic nitrogens is 2. The van der Waals surface area contributed by atoms with Crippen molar-refractivity contribution < 1.29 is 4.74 Å². The first kappa shape index (κ1) is 7.59. The minimum atomic E-state index is -0.423. The Morgan fingerprint density at radius 1 is 1.73 bits per heavy atom. The van der Waals surface area contributed by atoms with Crippen LogP contribution in [0.2, 0.25) is 0 Å². The molecule has 0 saturated carbocycles. The van der Waals surface area contributed by atoms with Crippen molar-refractivity contribution in [3.8, 4) is 5.88 Å². The zero-order valence-corrected chi connectivity index (χ0v) is 6.34. The third kappa shape index (κ3) is 1.70. The van der Waals surface area contributed by atoms with Crippen LogP contribution in [0.25, 0.3) is 0 Å². The second-order valence-corrected chi connectivity index (χ2v) is 1.89. The number of rotatable bonds is 2. The molecule has 0 aliphatic carbocycles. The second kappa shape index (κ2) is 3.05. The minimum absolute atomic E-state index is 0.304. The van der Waals surface area contributed by atoms with Gasteiger partial charge in [-0.25, -0.2) is 4.79 Å². The number of hydrogen-bond donors (Lipinski definition) is 2. The number of ether oxygens (including phenoxy) is 1. The third-order valence-corrected chi connectivity index (χ3v) is 1.20. The van der Waals surface area contributed by atoms with E-state index in [2.05, 4.69) is 15.3 Å². The highest BCUT2D eigenvalue weighted by molar-refractivity contribution is 5.35. The monoisotopic (exact) mass is 155 g/mol. The Hall–Kier alpha value is -1.52. The summed E-state index contributed by atoms with van der Waals surface area (Å²) in [5.41, 5.74) is -0.423. The Balaban J connectivity index is 3.12. The van der Waals surface area contributed by atoms with Gasteiger partial charge in [0, 0.05) is 13.1 Å².